The Morgan fingerprint density at radius 1 is 1.08 bits per heavy atom. The topological polar surface area (TPSA) is 51.7 Å². The second-order valence-electron chi connectivity index (χ2n) is 6.80. The van der Waals surface area contributed by atoms with Crippen LogP contribution in [0.1, 0.15) is 48.6 Å². The number of carbonyl (C=O) groups is 1. The normalized spacial score (nSPS) is 20.7. The summed E-state index contributed by atoms with van der Waals surface area (Å²) in [4.78, 5) is 18.1. The highest BCUT2D eigenvalue weighted by Crippen LogP contribution is 2.50. The fourth-order valence-electron chi connectivity index (χ4n) is 4.02. The molecule has 25 heavy (non-hydrogen) atoms. The molecule has 0 unspecified atom stereocenters. The number of pyridine rings is 1. The second kappa shape index (κ2) is 6.39. The molecule has 0 aliphatic heterocycles. The van der Waals surface area contributed by atoms with Crippen molar-refractivity contribution < 1.29 is 14.3 Å². The van der Waals surface area contributed by atoms with Crippen LogP contribution in [0.3, 0.4) is 0 Å². The van der Waals surface area contributed by atoms with Gasteiger partial charge in [-0.2, -0.15) is 4.98 Å². The van der Waals surface area contributed by atoms with E-state index in [4.69, 9.17) is 9.47 Å². The number of aromatic nitrogens is 1. The van der Waals surface area contributed by atoms with E-state index in [9.17, 15) is 4.79 Å². The van der Waals surface area contributed by atoms with Crippen LogP contribution in [0.4, 0.5) is 10.6 Å². The Bertz CT molecular complexity index is 797. The van der Waals surface area contributed by atoms with Gasteiger partial charge in [0.1, 0.15) is 11.6 Å². The lowest BCUT2D eigenvalue weighted by atomic mass is 9.67. The Balaban J connectivity index is 1.52. The first-order chi connectivity index (χ1) is 12.2. The minimum atomic E-state index is -0.457. The van der Waals surface area contributed by atoms with Crippen LogP contribution in [-0.2, 0) is 0 Å². The number of ether oxygens (including phenoxy) is 2. The lowest BCUT2D eigenvalue weighted by Gasteiger charge is -2.38. The quantitative estimate of drug-likeness (QED) is 0.828. The maximum atomic E-state index is 12.5. The van der Waals surface area contributed by atoms with Crippen LogP contribution in [0.15, 0.2) is 36.4 Å². The van der Waals surface area contributed by atoms with Crippen molar-refractivity contribution >= 4 is 11.9 Å². The smallest absolute Gasteiger partial charge is 0.420 e. The van der Waals surface area contributed by atoms with Crippen LogP contribution < -0.4 is 14.4 Å². The van der Waals surface area contributed by atoms with Crippen molar-refractivity contribution in [2.24, 2.45) is 0 Å². The molecule has 0 N–H and O–H groups in total. The number of anilines is 1. The zero-order valence-corrected chi connectivity index (χ0v) is 14.6. The Labute approximate surface area is 147 Å². The third kappa shape index (κ3) is 2.95. The van der Waals surface area contributed by atoms with E-state index < -0.39 is 6.09 Å². The highest BCUT2D eigenvalue weighted by atomic mass is 16.6. The summed E-state index contributed by atoms with van der Waals surface area (Å²) in [6.45, 7) is 0. The van der Waals surface area contributed by atoms with Crippen LogP contribution in [0, 0.1) is 0 Å². The summed E-state index contributed by atoms with van der Waals surface area (Å²) in [7, 11) is 3.19. The zero-order chi connectivity index (χ0) is 17.4. The maximum Gasteiger partial charge on any atom is 0.420 e. The van der Waals surface area contributed by atoms with Gasteiger partial charge in [0.05, 0.1) is 7.11 Å². The monoisotopic (exact) mass is 338 g/mol. The van der Waals surface area contributed by atoms with Crippen molar-refractivity contribution in [3.8, 4) is 11.6 Å². The predicted octanol–water partition coefficient (Wildman–Crippen LogP) is 4.48. The number of nitrogens with zero attached hydrogens (tertiary/aromatic N) is 2. The highest BCUT2D eigenvalue weighted by Gasteiger charge is 2.33. The Morgan fingerprint density at radius 3 is 2.52 bits per heavy atom. The van der Waals surface area contributed by atoms with E-state index in [1.807, 2.05) is 6.07 Å². The fourth-order valence-corrected chi connectivity index (χ4v) is 4.02. The maximum absolute atomic E-state index is 12.5. The van der Waals surface area contributed by atoms with Crippen molar-refractivity contribution in [2.45, 2.75) is 37.5 Å². The third-order valence-corrected chi connectivity index (χ3v) is 5.41. The number of methoxy groups -OCH3 is 1. The number of amides is 1. The Hall–Kier alpha value is -2.56. The molecule has 1 saturated carbocycles. The SMILES string of the molecule is COc1cccc(N(C)C(=O)Oc2ccc3c(c2)C2CCC3CC2)n1. The summed E-state index contributed by atoms with van der Waals surface area (Å²) in [5.41, 5.74) is 2.82. The summed E-state index contributed by atoms with van der Waals surface area (Å²) in [5, 5.41) is 0. The molecule has 1 amide bonds. The van der Waals surface area contributed by atoms with Crippen molar-refractivity contribution in [2.75, 3.05) is 19.1 Å². The van der Waals surface area contributed by atoms with Gasteiger partial charge < -0.3 is 9.47 Å². The Kier molecular flexibility index (Phi) is 4.07. The number of rotatable bonds is 3. The van der Waals surface area contributed by atoms with Crippen LogP contribution >= 0.6 is 0 Å². The number of carbonyl (C=O) groups excluding carboxylic acids is 1. The first-order valence-corrected chi connectivity index (χ1v) is 8.76. The van der Waals surface area contributed by atoms with Gasteiger partial charge in [-0.25, -0.2) is 4.79 Å². The molecule has 1 aromatic carbocycles. The molecular weight excluding hydrogens is 316 g/mol. The molecule has 0 spiro atoms. The number of hydrogen-bond donors (Lipinski definition) is 0. The van der Waals surface area contributed by atoms with E-state index in [1.165, 1.54) is 41.7 Å². The highest BCUT2D eigenvalue weighted by molar-refractivity contribution is 5.87. The van der Waals surface area contributed by atoms with Crippen LogP contribution in [0.25, 0.3) is 0 Å². The van der Waals surface area contributed by atoms with Gasteiger partial charge in [-0.3, -0.25) is 4.90 Å². The second-order valence-corrected chi connectivity index (χ2v) is 6.80. The molecule has 2 bridgehead atoms. The standard InChI is InChI=1S/C20H22N2O3/c1-22(18-4-3-5-19(21-18)24-2)20(23)25-15-10-11-16-13-6-8-14(9-7-13)17(16)12-15/h3-5,10-14H,6-9H2,1-2H3. The molecule has 1 aromatic heterocycles. The van der Waals surface area contributed by atoms with Gasteiger partial charge in [0.2, 0.25) is 5.88 Å². The van der Waals surface area contributed by atoms with Crippen molar-refractivity contribution in [3.05, 3.63) is 47.5 Å². The minimum absolute atomic E-state index is 0.457. The molecule has 2 aromatic rings. The summed E-state index contributed by atoms with van der Waals surface area (Å²) >= 11 is 0. The molecule has 130 valence electrons. The van der Waals surface area contributed by atoms with E-state index in [-0.39, 0.29) is 0 Å². The average molecular weight is 338 g/mol. The average Bonchev–Trinajstić information content (AvgIpc) is 2.68. The van der Waals surface area contributed by atoms with Gasteiger partial charge in [-0.15, -0.1) is 0 Å². The van der Waals surface area contributed by atoms with E-state index >= 15 is 0 Å². The predicted molar refractivity (Wildman–Crippen MR) is 95.6 cm³/mol. The minimum Gasteiger partial charge on any atom is -0.481 e. The first-order valence-electron chi connectivity index (χ1n) is 8.76. The van der Waals surface area contributed by atoms with Gasteiger partial charge in [-0.1, -0.05) is 12.1 Å². The lowest BCUT2D eigenvalue weighted by molar-refractivity contribution is 0.208. The molecule has 1 fully saturated rings. The summed E-state index contributed by atoms with van der Waals surface area (Å²) < 4.78 is 10.7. The number of fused-ring (bicyclic) bond motifs is 2. The third-order valence-electron chi connectivity index (χ3n) is 5.41. The molecule has 0 saturated heterocycles. The van der Waals surface area contributed by atoms with Crippen LogP contribution in [-0.4, -0.2) is 25.2 Å². The molecule has 0 atom stereocenters. The van der Waals surface area contributed by atoms with Crippen molar-refractivity contribution in [1.29, 1.82) is 0 Å². The van der Waals surface area contributed by atoms with E-state index in [0.717, 1.165) is 0 Å². The lowest BCUT2D eigenvalue weighted by Crippen LogP contribution is -2.30. The van der Waals surface area contributed by atoms with E-state index in [1.54, 1.807) is 32.4 Å². The van der Waals surface area contributed by atoms with E-state index in [2.05, 4.69) is 17.1 Å². The van der Waals surface area contributed by atoms with Gasteiger partial charge in [0, 0.05) is 13.1 Å². The Morgan fingerprint density at radius 2 is 1.80 bits per heavy atom. The zero-order valence-electron chi connectivity index (χ0n) is 14.6. The van der Waals surface area contributed by atoms with Crippen LogP contribution in [0.2, 0.25) is 0 Å². The van der Waals surface area contributed by atoms with Gasteiger partial charge in [0.15, 0.2) is 0 Å². The molecule has 3 aliphatic rings. The summed E-state index contributed by atoms with van der Waals surface area (Å²) in [6.07, 6.45) is 4.63. The van der Waals surface area contributed by atoms with Gasteiger partial charge in [0.25, 0.3) is 0 Å². The largest absolute Gasteiger partial charge is 0.481 e. The molecule has 1 heterocycles. The molecule has 5 rings (SSSR count). The number of hydrogen-bond acceptors (Lipinski definition) is 4. The molecule has 5 nitrogen and oxygen atoms in total. The molecule has 5 heteroatoms. The first kappa shape index (κ1) is 15.9. The fraction of sp³-hybridized carbons (Fsp3) is 0.400. The number of benzene rings is 1. The summed E-state index contributed by atoms with van der Waals surface area (Å²) in [6, 6.07) is 11.4. The van der Waals surface area contributed by atoms with Crippen LogP contribution in [0.5, 0.6) is 11.6 Å². The van der Waals surface area contributed by atoms with Crippen molar-refractivity contribution in [3.63, 3.8) is 0 Å². The summed E-state index contributed by atoms with van der Waals surface area (Å²) in [5.74, 6) is 2.86. The molecule has 0 radical (unpaired) electrons. The van der Waals surface area contributed by atoms with Gasteiger partial charge >= 0.3 is 6.09 Å². The molecule has 3 aliphatic carbocycles. The molecular formula is C20H22N2O3. The van der Waals surface area contributed by atoms with Gasteiger partial charge in [-0.05, 0) is 66.8 Å². The van der Waals surface area contributed by atoms with Crippen molar-refractivity contribution in [1.82, 2.24) is 4.98 Å². The van der Waals surface area contributed by atoms with E-state index in [0.29, 0.717) is 29.3 Å².